The van der Waals surface area contributed by atoms with E-state index in [0.717, 1.165) is 0 Å². The molecule has 16 nitrogen and oxygen atoms in total. The van der Waals surface area contributed by atoms with Gasteiger partial charge in [-0.25, -0.2) is 0 Å². The van der Waals surface area contributed by atoms with Crippen LogP contribution in [0.4, 0.5) is 28.4 Å². The Morgan fingerprint density at radius 1 is 0.522 bits per heavy atom. The van der Waals surface area contributed by atoms with Gasteiger partial charge in [0.2, 0.25) is 0 Å². The molecule has 0 aliphatic heterocycles. The Morgan fingerprint density at radius 3 is 0.870 bits per heavy atom. The second-order valence-corrected chi connectivity index (χ2v) is 3.38. The molecule has 0 saturated heterocycles. The summed E-state index contributed by atoms with van der Waals surface area (Å²) in [7, 11) is 0. The summed E-state index contributed by atoms with van der Waals surface area (Å²) in [5.74, 6) is -2.03. The van der Waals surface area contributed by atoms with Crippen LogP contribution in [0.1, 0.15) is 0 Å². The average molecular weight is 342 g/mol. The van der Waals surface area contributed by atoms with E-state index in [1.165, 1.54) is 0 Å². The topological polar surface area (TPSA) is 236 Å². The molecule has 0 heterocycles. The van der Waals surface area contributed by atoms with E-state index < -0.39 is 58.8 Å². The Bertz CT molecular complexity index is 707. The Kier molecular flexibility index (Phi) is 5.97. The van der Waals surface area contributed by atoms with E-state index >= 15 is 0 Å². The summed E-state index contributed by atoms with van der Waals surface area (Å²) in [5, 5.41) is 63.1. The van der Waals surface area contributed by atoms with Crippen LogP contribution in [0.3, 0.4) is 0 Å². The Morgan fingerprint density at radius 2 is 0.696 bits per heavy atom. The molecular weight excluding hydrogens is 341 g/mol. The van der Waals surface area contributed by atoms with Crippen molar-refractivity contribution in [3.05, 3.63) is 50.6 Å². The van der Waals surface area contributed by atoms with Crippen molar-refractivity contribution in [3.63, 3.8) is 0 Å². The van der Waals surface area contributed by atoms with E-state index in [9.17, 15) is 55.7 Å². The maximum absolute atomic E-state index is 10.8. The normalized spacial score (nSPS) is 9.57. The Balaban J connectivity index is 0.00000484. The number of nitro groups is 5. The van der Waals surface area contributed by atoms with Crippen LogP contribution < -0.4 is 0 Å². The molecule has 0 spiro atoms. The van der Waals surface area contributed by atoms with Gasteiger partial charge >= 0.3 is 28.4 Å². The van der Waals surface area contributed by atoms with Gasteiger partial charge in [-0.1, -0.05) is 0 Å². The van der Waals surface area contributed by atoms with E-state index in [1.54, 1.807) is 0 Å². The fourth-order valence-corrected chi connectivity index (χ4v) is 1.54. The monoisotopic (exact) mass is 342 g/mol. The maximum Gasteiger partial charge on any atom is 0.437 e. The van der Waals surface area contributed by atoms with Gasteiger partial charge in [0.1, 0.15) is 0 Å². The summed E-state index contributed by atoms with van der Waals surface area (Å²) in [6.45, 7) is 0. The van der Waals surface area contributed by atoms with Crippen LogP contribution in [0, 0.1) is 50.6 Å². The predicted molar refractivity (Wildman–Crippen MR) is 67.1 cm³/mol. The minimum Gasteiger partial charge on any atom is -0.497 e. The van der Waals surface area contributed by atoms with Crippen molar-refractivity contribution in [3.8, 4) is 5.75 Å². The molecular formula is C6HN5NaO11. The van der Waals surface area contributed by atoms with Crippen molar-refractivity contribution in [1.82, 2.24) is 0 Å². The zero-order chi connectivity index (χ0) is 17.4. The fraction of sp³-hybridized carbons (Fsp3) is 0. The number of hydrogen-bond donors (Lipinski definition) is 1. The van der Waals surface area contributed by atoms with Crippen LogP contribution in [0.5, 0.6) is 5.75 Å². The minimum atomic E-state index is -2.08. The smallest absolute Gasteiger partial charge is 0.437 e. The molecule has 1 radical (unpaired) electrons. The van der Waals surface area contributed by atoms with Crippen LogP contribution in [-0.2, 0) is 0 Å². The van der Waals surface area contributed by atoms with E-state index in [1.807, 2.05) is 0 Å². The van der Waals surface area contributed by atoms with Gasteiger partial charge in [0.15, 0.2) is 0 Å². The quantitative estimate of drug-likeness (QED) is 0.440. The zero-order valence-electron chi connectivity index (χ0n) is 10.8. The summed E-state index contributed by atoms with van der Waals surface area (Å²) in [5.41, 5.74) is -10.1. The molecule has 1 aromatic rings. The van der Waals surface area contributed by atoms with Crippen molar-refractivity contribution < 1.29 is 29.7 Å². The molecule has 117 valence electrons. The first-order chi connectivity index (χ1) is 10.0. The van der Waals surface area contributed by atoms with Gasteiger partial charge in [-0.05, 0) is 0 Å². The third-order valence-electron chi connectivity index (χ3n) is 2.26. The van der Waals surface area contributed by atoms with Crippen molar-refractivity contribution in [1.29, 1.82) is 0 Å². The summed E-state index contributed by atoms with van der Waals surface area (Å²) in [6, 6.07) is 0. The molecule has 1 rings (SSSR count). The number of aromatic hydroxyl groups is 1. The molecule has 1 aromatic carbocycles. The third-order valence-corrected chi connectivity index (χ3v) is 2.26. The van der Waals surface area contributed by atoms with Crippen LogP contribution >= 0.6 is 0 Å². The Hall–Kier alpha value is -2.98. The number of hydrogen-bond acceptors (Lipinski definition) is 11. The van der Waals surface area contributed by atoms with Gasteiger partial charge in [0, 0.05) is 29.6 Å². The second-order valence-electron chi connectivity index (χ2n) is 3.38. The van der Waals surface area contributed by atoms with E-state index in [-0.39, 0.29) is 29.6 Å². The molecule has 0 atom stereocenters. The summed E-state index contributed by atoms with van der Waals surface area (Å²) in [4.78, 5) is 45.1. The van der Waals surface area contributed by atoms with E-state index in [0.29, 0.717) is 0 Å². The average Bonchev–Trinajstić information content (AvgIpc) is 2.34. The molecule has 0 aromatic heterocycles. The molecule has 0 fully saturated rings. The minimum absolute atomic E-state index is 0. The number of nitrogens with zero attached hydrogens (tertiary/aromatic N) is 5. The molecule has 1 N–H and O–H groups in total. The van der Waals surface area contributed by atoms with Gasteiger partial charge in [-0.15, -0.1) is 0 Å². The van der Waals surface area contributed by atoms with Crippen molar-refractivity contribution in [2.24, 2.45) is 0 Å². The first-order valence-electron chi connectivity index (χ1n) is 4.67. The van der Waals surface area contributed by atoms with Crippen LogP contribution in [0.15, 0.2) is 0 Å². The summed E-state index contributed by atoms with van der Waals surface area (Å²) >= 11 is 0. The molecule has 0 amide bonds. The van der Waals surface area contributed by atoms with Gasteiger partial charge < -0.3 is 5.11 Å². The van der Waals surface area contributed by atoms with Crippen LogP contribution in [0.2, 0.25) is 0 Å². The molecule has 0 aliphatic rings. The predicted octanol–water partition coefficient (Wildman–Crippen LogP) is 0.552. The summed E-state index contributed by atoms with van der Waals surface area (Å²) in [6.07, 6.45) is 0. The number of benzene rings is 1. The molecule has 0 saturated carbocycles. The van der Waals surface area contributed by atoms with Gasteiger partial charge in [0.05, 0.1) is 24.6 Å². The standard InChI is InChI=1S/C6HN5O11.Na/c12-6-4(10(19)20)2(8(15)16)1(7(13)14)3(9(17)18)5(6)11(21)22;/h12H;. The maximum atomic E-state index is 10.8. The molecule has 0 unspecified atom stereocenters. The largest absolute Gasteiger partial charge is 0.497 e. The Labute approximate surface area is 144 Å². The zero-order valence-corrected chi connectivity index (χ0v) is 12.8. The first-order valence-corrected chi connectivity index (χ1v) is 4.67. The van der Waals surface area contributed by atoms with E-state index in [2.05, 4.69) is 0 Å². The fourth-order valence-electron chi connectivity index (χ4n) is 1.54. The van der Waals surface area contributed by atoms with Crippen molar-refractivity contribution in [2.45, 2.75) is 0 Å². The van der Waals surface area contributed by atoms with Crippen molar-refractivity contribution in [2.75, 3.05) is 0 Å². The van der Waals surface area contributed by atoms with Crippen molar-refractivity contribution >= 4 is 58.0 Å². The van der Waals surface area contributed by atoms with Gasteiger partial charge in [0.25, 0.3) is 5.75 Å². The third kappa shape index (κ3) is 3.27. The molecule has 17 heteroatoms. The molecule has 0 bridgehead atoms. The van der Waals surface area contributed by atoms with Crippen LogP contribution in [0.25, 0.3) is 0 Å². The number of phenols is 1. The number of nitro benzene ring substituents is 5. The van der Waals surface area contributed by atoms with Crippen LogP contribution in [-0.4, -0.2) is 59.3 Å². The number of phenolic OH excluding ortho intramolecular Hbond substituents is 1. The summed E-state index contributed by atoms with van der Waals surface area (Å²) < 4.78 is 0. The number of rotatable bonds is 5. The van der Waals surface area contributed by atoms with Gasteiger partial charge in [-0.3, -0.25) is 50.6 Å². The van der Waals surface area contributed by atoms with Gasteiger partial charge in [-0.2, -0.15) is 0 Å². The SMILES string of the molecule is O=[N+]([O-])c1c(O)c([N+](=O)[O-])c([N+](=O)[O-])c([N+](=O)[O-])c1[N+](=O)[O-].[Na]. The first kappa shape index (κ1) is 20.0. The second kappa shape index (κ2) is 6.85. The molecule has 0 aliphatic carbocycles. The van der Waals surface area contributed by atoms with E-state index in [4.69, 9.17) is 0 Å². The molecule has 23 heavy (non-hydrogen) atoms.